The van der Waals surface area contributed by atoms with Gasteiger partial charge in [-0.15, -0.1) is 0 Å². The van der Waals surface area contributed by atoms with Crippen molar-refractivity contribution in [3.8, 4) is 61.6 Å². The highest BCUT2D eigenvalue weighted by molar-refractivity contribution is 7.00. The minimum Gasteiger partial charge on any atom is -0.311 e. The van der Waals surface area contributed by atoms with Crippen molar-refractivity contribution in [2.75, 3.05) is 9.80 Å². The van der Waals surface area contributed by atoms with Gasteiger partial charge in [0, 0.05) is 72.1 Å². The maximum Gasteiger partial charge on any atom is 0.252 e. The molecule has 0 saturated carbocycles. The molecule has 2 aliphatic rings. The number of para-hydroxylation sites is 3. The number of hydrogen-bond acceptors (Lipinski definition) is 2. The van der Waals surface area contributed by atoms with E-state index >= 15 is 0 Å². The molecule has 0 spiro atoms. The smallest absolute Gasteiger partial charge is 0.252 e. The molecule has 0 fully saturated rings. The first kappa shape index (κ1) is 70.4. The zero-order chi connectivity index (χ0) is 87.5. The maximum absolute atomic E-state index is 9.85. The SMILES string of the molecule is [2H]c1c([2H])c([2H])c(-c2ccc3c(c2)N(c2cccc4c5cccc(-n6c7ccc(C(C)(C)C)cc7c7cc(C(C)(C)C)ccc76)c5n(-c5ccccc5)c24)c2cc(-c4cc(C(C)(C)C)cc(C(C)(C)C)c4)cc4c2B3c2ccc(-n3c5ccc(C(C)(C)C)cc5c5cc(C(C)(C)C)ccc53)cc2N4c2cc(-c3ccccc3)cc(-c3ccccc3)c2)c([2H])c1[2H]. The lowest BCUT2D eigenvalue weighted by Crippen LogP contribution is -2.61. The molecule has 5 heterocycles. The van der Waals surface area contributed by atoms with Crippen LogP contribution in [0.15, 0.2) is 315 Å². The highest BCUT2D eigenvalue weighted by Gasteiger charge is 2.46. The van der Waals surface area contributed by atoms with Gasteiger partial charge in [-0.25, -0.2) is 0 Å². The fourth-order valence-electron chi connectivity index (χ4n) is 19.1. The highest BCUT2D eigenvalue weighted by Crippen LogP contribution is 2.53. The number of rotatable bonds is 9. The lowest BCUT2D eigenvalue weighted by molar-refractivity contribution is 0.569. The molecule has 5 nitrogen and oxygen atoms in total. The fraction of sp³-hybridized carbons (Fsp3) is 0.211. The van der Waals surface area contributed by atoms with Crippen molar-refractivity contribution in [2.24, 2.45) is 0 Å². The van der Waals surface area contributed by atoms with Crippen LogP contribution in [0.5, 0.6) is 0 Å². The van der Waals surface area contributed by atoms with E-state index in [9.17, 15) is 5.48 Å². The summed E-state index contributed by atoms with van der Waals surface area (Å²) in [5.74, 6) is 0. The molecule has 0 radical (unpaired) electrons. The van der Waals surface area contributed by atoms with E-state index < -0.39 is 12.8 Å². The van der Waals surface area contributed by atoms with Crippen molar-refractivity contribution in [2.45, 2.75) is 157 Å². The molecular weight excluding hydrogens is 1450 g/mol. The number of hydrogen-bond donors (Lipinski definition) is 0. The third-order valence-electron chi connectivity index (χ3n) is 25.7. The van der Waals surface area contributed by atoms with E-state index in [1.807, 2.05) is 6.07 Å². The Morgan fingerprint density at radius 2 is 0.625 bits per heavy atom. The second-order valence-electron chi connectivity index (χ2n) is 40.0. The van der Waals surface area contributed by atoms with Gasteiger partial charge in [-0.2, -0.15) is 0 Å². The van der Waals surface area contributed by atoms with Crippen LogP contribution in [0.2, 0.25) is 0 Å². The van der Waals surface area contributed by atoms with E-state index in [0.717, 1.165) is 145 Å². The summed E-state index contributed by atoms with van der Waals surface area (Å²) < 4.78 is 54.8. The Hall–Kier alpha value is -12.6. The van der Waals surface area contributed by atoms with Gasteiger partial charge >= 0.3 is 0 Å². The van der Waals surface area contributed by atoms with E-state index in [1.165, 1.54) is 54.9 Å². The third kappa shape index (κ3) is 12.6. The quantitative estimate of drug-likeness (QED) is 0.134. The minimum atomic E-state index is -0.466. The van der Waals surface area contributed by atoms with Gasteiger partial charge in [0.05, 0.1) is 51.3 Å². The summed E-state index contributed by atoms with van der Waals surface area (Å²) >= 11 is 0. The Labute approximate surface area is 716 Å². The van der Waals surface area contributed by atoms with Crippen LogP contribution in [-0.4, -0.2) is 20.4 Å². The van der Waals surface area contributed by atoms with Crippen molar-refractivity contribution in [1.82, 2.24) is 13.7 Å². The number of anilines is 6. The van der Waals surface area contributed by atoms with Crippen LogP contribution < -0.4 is 26.2 Å². The monoisotopic (exact) mass is 1560 g/mol. The highest BCUT2D eigenvalue weighted by atomic mass is 15.2. The van der Waals surface area contributed by atoms with E-state index in [1.54, 1.807) is 0 Å². The number of fused-ring (bicyclic) bond motifs is 13. The average molecular weight is 1560 g/mol. The van der Waals surface area contributed by atoms with Gasteiger partial charge in [-0.1, -0.05) is 319 Å². The lowest BCUT2D eigenvalue weighted by Gasteiger charge is -2.45. The third-order valence-corrected chi connectivity index (χ3v) is 25.7. The summed E-state index contributed by atoms with van der Waals surface area (Å²) in [6.45, 7) is 41.1. The number of benzene rings is 15. The van der Waals surface area contributed by atoms with Gasteiger partial charge < -0.3 is 23.5 Å². The van der Waals surface area contributed by atoms with E-state index in [2.05, 4.69) is 427 Å². The number of nitrogens with zero attached hydrogens (tertiary/aromatic N) is 5. The molecule has 0 amide bonds. The molecule has 18 aromatic rings. The second-order valence-corrected chi connectivity index (χ2v) is 40.0. The summed E-state index contributed by atoms with van der Waals surface area (Å²) in [4.78, 5) is 5.09. The summed E-state index contributed by atoms with van der Waals surface area (Å²) in [5.41, 5.74) is 31.9. The maximum atomic E-state index is 9.85. The van der Waals surface area contributed by atoms with Gasteiger partial charge in [0.1, 0.15) is 0 Å². The van der Waals surface area contributed by atoms with Crippen LogP contribution in [0.3, 0.4) is 0 Å². The molecule has 0 bridgehead atoms. The van der Waals surface area contributed by atoms with Gasteiger partial charge in [0.15, 0.2) is 0 Å². The lowest BCUT2D eigenvalue weighted by atomic mass is 9.33. The predicted molar refractivity (Wildman–Crippen MR) is 517 cm³/mol. The first-order valence-electron chi connectivity index (χ1n) is 45.2. The number of aromatic nitrogens is 3. The summed E-state index contributed by atoms with van der Waals surface area (Å²) in [6, 6.07) is 106. The van der Waals surface area contributed by atoms with Crippen molar-refractivity contribution < 1.29 is 6.85 Å². The van der Waals surface area contributed by atoms with Crippen molar-refractivity contribution in [3.63, 3.8) is 0 Å². The second kappa shape index (κ2) is 27.5. The molecule has 0 N–H and O–H groups in total. The van der Waals surface area contributed by atoms with Crippen LogP contribution in [0.4, 0.5) is 34.1 Å². The first-order valence-corrected chi connectivity index (χ1v) is 42.7. The molecule has 0 saturated heterocycles. The molecule has 0 atom stereocenters. The summed E-state index contributed by atoms with van der Waals surface area (Å²) in [6.07, 6.45) is 0. The average Bonchev–Trinajstić information content (AvgIpc) is 1.42. The van der Waals surface area contributed by atoms with E-state index in [-0.39, 0.29) is 62.2 Å². The summed E-state index contributed by atoms with van der Waals surface area (Å²) in [7, 11) is 0. The van der Waals surface area contributed by atoms with Gasteiger partial charge in [0.2, 0.25) is 0 Å². The first-order chi connectivity index (χ1) is 59.4. The van der Waals surface area contributed by atoms with Crippen molar-refractivity contribution >= 4 is 123 Å². The zero-order valence-corrected chi connectivity index (χ0v) is 72.4. The van der Waals surface area contributed by atoms with Crippen molar-refractivity contribution in [1.29, 1.82) is 0 Å². The van der Waals surface area contributed by atoms with Crippen LogP contribution in [0, 0.1) is 0 Å². The molecule has 120 heavy (non-hydrogen) atoms. The summed E-state index contributed by atoms with van der Waals surface area (Å²) in [5, 5.41) is 6.91. The Bertz CT molecular complexity index is 7270. The van der Waals surface area contributed by atoms with E-state index in [0.29, 0.717) is 5.56 Å². The molecule has 0 aliphatic carbocycles. The van der Waals surface area contributed by atoms with Crippen LogP contribution in [0.25, 0.3) is 127 Å². The fourth-order valence-corrected chi connectivity index (χ4v) is 19.1. The molecule has 15 aromatic carbocycles. The predicted octanol–water partition coefficient (Wildman–Crippen LogP) is 29.5. The molecule has 6 heteroatoms. The van der Waals surface area contributed by atoms with Crippen LogP contribution >= 0.6 is 0 Å². The topological polar surface area (TPSA) is 21.3 Å². The Balaban J connectivity index is 0.961. The largest absolute Gasteiger partial charge is 0.311 e. The minimum absolute atomic E-state index is 0.110. The van der Waals surface area contributed by atoms with E-state index in [4.69, 9.17) is 1.37 Å². The van der Waals surface area contributed by atoms with Crippen molar-refractivity contribution in [3.05, 3.63) is 349 Å². The normalized spacial score (nSPS) is 13.9. The van der Waals surface area contributed by atoms with Gasteiger partial charge in [0.25, 0.3) is 6.71 Å². The van der Waals surface area contributed by atoms with Crippen LogP contribution in [0.1, 0.15) is 165 Å². The molecule has 3 aromatic heterocycles. The van der Waals surface area contributed by atoms with Crippen LogP contribution in [-0.2, 0) is 32.5 Å². The molecule has 0 unspecified atom stereocenters. The molecule has 2 aliphatic heterocycles. The Kier molecular flexibility index (Phi) is 16.1. The van der Waals surface area contributed by atoms with Gasteiger partial charge in [-0.3, -0.25) is 0 Å². The Morgan fingerprint density at radius 1 is 0.225 bits per heavy atom. The molecular formula is C114H106BN5. The Morgan fingerprint density at radius 3 is 1.10 bits per heavy atom. The molecule has 590 valence electrons. The zero-order valence-electron chi connectivity index (χ0n) is 77.4. The van der Waals surface area contributed by atoms with Gasteiger partial charge in [-0.05, 0) is 248 Å². The molecule has 20 rings (SSSR count). The standard InChI is InChI=1S/C114H106BN5/c1-109(2,3)79-46-53-96-90(66-79)91-67-80(110(4,5)6)47-54-97(91)116(96)86-50-52-95-103(70-86)117(87-60-75(72-35-25-20-26-36-72)57-76(61-87)73-37-27-21-28-38-73)104-63-78(77-58-83(113(13,14)15)65-84(59-77)114(16,17)18)64-105-106(104)115(95)94-51-45-74(71-33-23-19-24-34-71)62-102(94)120(105)101-44-32-42-89-88-41-31-43-100(107(88)118(108(89)101)85-39-29-22-30-40-85)119-98-55-48-81(111(7,8)9)68-92(98)93-69-82(112(10,11)12)49-56-99(93)119/h19-70H,1-18H3/i19D,23D,24D,33D,34D.